The van der Waals surface area contributed by atoms with Crippen LogP contribution in [0.4, 0.5) is 0 Å². The highest BCUT2D eigenvalue weighted by molar-refractivity contribution is 9.10. The smallest absolute Gasteiger partial charge is 0.273 e. The summed E-state index contributed by atoms with van der Waals surface area (Å²) in [6.07, 6.45) is 3.39. The first kappa shape index (κ1) is 10.4. The highest BCUT2D eigenvalue weighted by Crippen LogP contribution is 2.30. The molecular weight excluding hydrogens is 280 g/mol. The SMILES string of the molecule is Cn1c(Sc2ccncc2Br)n[nH]c1=O. The van der Waals surface area contributed by atoms with Gasteiger partial charge in [0.1, 0.15) is 0 Å². The zero-order valence-electron chi connectivity index (χ0n) is 7.77. The van der Waals surface area contributed by atoms with Crippen LogP contribution in [0.2, 0.25) is 0 Å². The first-order chi connectivity index (χ1) is 7.18. The summed E-state index contributed by atoms with van der Waals surface area (Å²) < 4.78 is 2.34. The number of nitrogens with zero attached hydrogens (tertiary/aromatic N) is 3. The predicted octanol–water partition coefficient (Wildman–Crippen LogP) is 1.42. The molecule has 0 radical (unpaired) electrons. The molecule has 2 rings (SSSR count). The Kier molecular flexibility index (Phi) is 2.92. The molecule has 2 heterocycles. The average Bonchev–Trinajstić information content (AvgIpc) is 2.53. The minimum Gasteiger partial charge on any atom is -0.273 e. The second kappa shape index (κ2) is 4.19. The molecule has 15 heavy (non-hydrogen) atoms. The fourth-order valence-corrected chi connectivity index (χ4v) is 2.25. The van der Waals surface area contributed by atoms with Crippen LogP contribution in [0.1, 0.15) is 0 Å². The number of halogens is 1. The van der Waals surface area contributed by atoms with Crippen LogP contribution in [0.3, 0.4) is 0 Å². The van der Waals surface area contributed by atoms with Crippen molar-refractivity contribution < 1.29 is 0 Å². The number of hydrogen-bond donors (Lipinski definition) is 1. The highest BCUT2D eigenvalue weighted by atomic mass is 79.9. The lowest BCUT2D eigenvalue weighted by atomic mass is 10.5. The van der Waals surface area contributed by atoms with E-state index in [4.69, 9.17) is 0 Å². The number of rotatable bonds is 2. The fourth-order valence-electron chi connectivity index (χ4n) is 0.967. The van der Waals surface area contributed by atoms with E-state index >= 15 is 0 Å². The lowest BCUT2D eigenvalue weighted by molar-refractivity contribution is 0.765. The Morgan fingerprint density at radius 2 is 2.40 bits per heavy atom. The van der Waals surface area contributed by atoms with Crippen LogP contribution >= 0.6 is 27.7 Å². The van der Waals surface area contributed by atoms with E-state index in [0.717, 1.165) is 9.37 Å². The molecule has 0 aliphatic heterocycles. The molecule has 78 valence electrons. The Labute approximate surface area is 98.1 Å². The molecule has 0 fully saturated rings. The van der Waals surface area contributed by atoms with E-state index in [0.29, 0.717) is 5.16 Å². The van der Waals surface area contributed by atoms with Gasteiger partial charge < -0.3 is 0 Å². The summed E-state index contributed by atoms with van der Waals surface area (Å²) in [6, 6.07) is 1.86. The van der Waals surface area contributed by atoms with E-state index in [1.54, 1.807) is 19.4 Å². The Morgan fingerprint density at radius 1 is 1.60 bits per heavy atom. The normalized spacial score (nSPS) is 10.5. The Hall–Kier alpha value is -1.08. The number of H-pyrrole nitrogens is 1. The van der Waals surface area contributed by atoms with Crippen molar-refractivity contribution in [1.29, 1.82) is 0 Å². The minimum atomic E-state index is -0.220. The topological polar surface area (TPSA) is 63.6 Å². The van der Waals surface area contributed by atoms with Gasteiger partial charge in [0.25, 0.3) is 0 Å². The number of aromatic amines is 1. The summed E-state index contributed by atoms with van der Waals surface area (Å²) >= 11 is 4.77. The molecule has 0 unspecified atom stereocenters. The maximum atomic E-state index is 11.1. The second-order valence-electron chi connectivity index (χ2n) is 2.78. The lowest BCUT2D eigenvalue weighted by Crippen LogP contribution is -2.12. The number of nitrogens with one attached hydrogen (secondary N) is 1. The first-order valence-corrected chi connectivity index (χ1v) is 5.68. The van der Waals surface area contributed by atoms with Crippen molar-refractivity contribution >= 4 is 27.7 Å². The molecule has 0 aliphatic rings. The van der Waals surface area contributed by atoms with Gasteiger partial charge >= 0.3 is 5.69 Å². The van der Waals surface area contributed by atoms with Crippen molar-refractivity contribution in [2.45, 2.75) is 10.1 Å². The van der Waals surface area contributed by atoms with E-state index in [-0.39, 0.29) is 5.69 Å². The van der Waals surface area contributed by atoms with Gasteiger partial charge in [-0.15, -0.1) is 5.10 Å². The Morgan fingerprint density at radius 3 is 3.00 bits per heavy atom. The molecule has 0 saturated carbocycles. The van der Waals surface area contributed by atoms with Gasteiger partial charge in [0, 0.05) is 28.8 Å². The second-order valence-corrected chi connectivity index (χ2v) is 4.64. The van der Waals surface area contributed by atoms with E-state index in [2.05, 4.69) is 31.1 Å². The van der Waals surface area contributed by atoms with Crippen LogP contribution in [-0.4, -0.2) is 19.7 Å². The molecule has 0 aromatic carbocycles. The molecule has 0 saturated heterocycles. The third-order valence-electron chi connectivity index (χ3n) is 1.78. The minimum absolute atomic E-state index is 0.220. The van der Waals surface area contributed by atoms with Gasteiger partial charge in [-0.1, -0.05) is 0 Å². The fraction of sp³-hybridized carbons (Fsp3) is 0.125. The first-order valence-electron chi connectivity index (χ1n) is 4.07. The van der Waals surface area contributed by atoms with Crippen LogP contribution < -0.4 is 5.69 Å². The van der Waals surface area contributed by atoms with Gasteiger partial charge in [0.05, 0.1) is 0 Å². The van der Waals surface area contributed by atoms with Crippen LogP contribution in [0.25, 0.3) is 0 Å². The zero-order valence-corrected chi connectivity index (χ0v) is 10.2. The third-order valence-corrected chi connectivity index (χ3v) is 3.79. The summed E-state index contributed by atoms with van der Waals surface area (Å²) in [5, 5.41) is 6.90. The summed E-state index contributed by atoms with van der Waals surface area (Å²) in [5.41, 5.74) is -0.220. The number of pyridine rings is 1. The monoisotopic (exact) mass is 286 g/mol. The van der Waals surface area contributed by atoms with Gasteiger partial charge in [0.15, 0.2) is 5.16 Å². The van der Waals surface area contributed by atoms with Crippen molar-refractivity contribution in [3.8, 4) is 0 Å². The summed E-state index contributed by atoms with van der Waals surface area (Å²) in [7, 11) is 1.67. The standard InChI is InChI=1S/C8H7BrN4OS/c1-13-7(14)11-12-8(13)15-6-2-3-10-4-5(6)9/h2-4H,1H3,(H,11,14). The van der Waals surface area contributed by atoms with Crippen LogP contribution in [0, 0.1) is 0 Å². The van der Waals surface area contributed by atoms with Gasteiger partial charge in [-0.25, -0.2) is 9.89 Å². The predicted molar refractivity (Wildman–Crippen MR) is 59.9 cm³/mol. The van der Waals surface area contributed by atoms with E-state index < -0.39 is 0 Å². The molecule has 0 atom stereocenters. The third kappa shape index (κ3) is 2.13. The van der Waals surface area contributed by atoms with Gasteiger partial charge in [0.2, 0.25) is 0 Å². The molecular formula is C8H7BrN4OS. The molecule has 2 aromatic heterocycles. The molecule has 1 N–H and O–H groups in total. The molecule has 0 spiro atoms. The summed E-state index contributed by atoms with van der Waals surface area (Å²) in [6.45, 7) is 0. The Bertz CT molecular complexity index is 535. The maximum Gasteiger partial charge on any atom is 0.343 e. The van der Waals surface area contributed by atoms with Crippen molar-refractivity contribution in [3.63, 3.8) is 0 Å². The Balaban J connectivity index is 2.34. The number of aromatic nitrogens is 4. The molecule has 7 heteroatoms. The summed E-state index contributed by atoms with van der Waals surface area (Å²) in [4.78, 5) is 16.0. The van der Waals surface area contributed by atoms with Crippen molar-refractivity contribution in [3.05, 3.63) is 33.4 Å². The van der Waals surface area contributed by atoms with Crippen molar-refractivity contribution in [2.24, 2.45) is 7.05 Å². The van der Waals surface area contributed by atoms with E-state index in [9.17, 15) is 4.79 Å². The molecule has 0 bridgehead atoms. The van der Waals surface area contributed by atoms with E-state index in [1.807, 2.05) is 6.07 Å². The zero-order chi connectivity index (χ0) is 10.8. The van der Waals surface area contributed by atoms with E-state index in [1.165, 1.54) is 16.3 Å². The van der Waals surface area contributed by atoms with Crippen molar-refractivity contribution in [2.75, 3.05) is 0 Å². The van der Waals surface area contributed by atoms with Crippen LogP contribution in [0.15, 0.2) is 37.8 Å². The van der Waals surface area contributed by atoms with Gasteiger partial charge in [-0.05, 0) is 33.8 Å². The molecule has 0 aliphatic carbocycles. The molecule has 5 nitrogen and oxygen atoms in total. The summed E-state index contributed by atoms with van der Waals surface area (Å²) in [5.74, 6) is 0. The lowest BCUT2D eigenvalue weighted by Gasteiger charge is -2.01. The largest absolute Gasteiger partial charge is 0.343 e. The maximum absolute atomic E-state index is 11.1. The molecule has 2 aromatic rings. The van der Waals surface area contributed by atoms with Gasteiger partial charge in [-0.2, -0.15) is 0 Å². The average molecular weight is 287 g/mol. The quantitative estimate of drug-likeness (QED) is 0.907. The highest BCUT2D eigenvalue weighted by Gasteiger charge is 2.08. The van der Waals surface area contributed by atoms with Crippen LogP contribution in [0.5, 0.6) is 0 Å². The number of hydrogen-bond acceptors (Lipinski definition) is 4. The molecule has 0 amide bonds. The van der Waals surface area contributed by atoms with Crippen LogP contribution in [-0.2, 0) is 7.05 Å². The van der Waals surface area contributed by atoms with Crippen molar-refractivity contribution in [1.82, 2.24) is 19.7 Å². The van der Waals surface area contributed by atoms with Gasteiger partial charge in [-0.3, -0.25) is 9.55 Å².